The number of hydrogen-bond donors (Lipinski definition) is 0. The molecule has 0 fully saturated rings. The molecule has 0 amide bonds. The largest absolute Gasteiger partial charge is 0.0622 e. The molecule has 0 radical (unpaired) electrons. The van der Waals surface area contributed by atoms with Crippen LogP contribution in [0.5, 0.6) is 0 Å². The number of hydrogen-bond acceptors (Lipinski definition) is 0. The first-order valence-corrected chi connectivity index (χ1v) is 15.2. The lowest BCUT2D eigenvalue weighted by Gasteiger charge is -2.35. The summed E-state index contributed by atoms with van der Waals surface area (Å²) in [4.78, 5) is 0. The fourth-order valence-electron chi connectivity index (χ4n) is 7.85. The second-order valence-corrected chi connectivity index (χ2v) is 12.5. The predicted molar refractivity (Wildman–Crippen MR) is 185 cm³/mol. The van der Waals surface area contributed by atoms with Crippen molar-refractivity contribution in [1.29, 1.82) is 0 Å². The first kappa shape index (κ1) is 24.4. The smallest absolute Gasteiger partial charge is 0.0159 e. The SMILES string of the molecule is CC1(C)c2ccccc2-c2cccc3c(-c4cccc5c4ccc4c(-c6ccccc6)c6ccccc6cc45)ccc1c23. The van der Waals surface area contributed by atoms with Crippen LogP contribution in [0.1, 0.15) is 25.0 Å². The van der Waals surface area contributed by atoms with Gasteiger partial charge in [-0.1, -0.05) is 153 Å². The molecule has 1 aliphatic rings. The van der Waals surface area contributed by atoms with Gasteiger partial charge in [-0.25, -0.2) is 0 Å². The molecular weight excluding hydrogens is 516 g/mol. The summed E-state index contributed by atoms with van der Waals surface area (Å²) in [5.41, 5.74) is 10.6. The lowest BCUT2D eigenvalue weighted by atomic mass is 9.68. The van der Waals surface area contributed by atoms with E-state index >= 15 is 0 Å². The van der Waals surface area contributed by atoms with Gasteiger partial charge in [0.1, 0.15) is 0 Å². The van der Waals surface area contributed by atoms with Crippen LogP contribution in [0, 0.1) is 0 Å². The Morgan fingerprint density at radius 3 is 1.91 bits per heavy atom. The molecule has 0 bridgehead atoms. The summed E-state index contributed by atoms with van der Waals surface area (Å²) >= 11 is 0. The molecule has 0 saturated heterocycles. The van der Waals surface area contributed by atoms with Crippen LogP contribution in [0.15, 0.2) is 146 Å². The average molecular weight is 547 g/mol. The summed E-state index contributed by atoms with van der Waals surface area (Å²) in [6.45, 7) is 4.74. The lowest BCUT2D eigenvalue weighted by Crippen LogP contribution is -2.23. The quantitative estimate of drug-likeness (QED) is 0.149. The van der Waals surface area contributed by atoms with E-state index < -0.39 is 0 Å². The summed E-state index contributed by atoms with van der Waals surface area (Å²) in [6.07, 6.45) is 0. The third-order valence-corrected chi connectivity index (χ3v) is 9.86. The molecule has 0 unspecified atom stereocenters. The third-order valence-electron chi connectivity index (χ3n) is 9.86. The number of rotatable bonds is 2. The van der Waals surface area contributed by atoms with Crippen molar-refractivity contribution in [2.45, 2.75) is 19.3 Å². The summed E-state index contributed by atoms with van der Waals surface area (Å²) in [5, 5.41) is 10.5. The van der Waals surface area contributed by atoms with Crippen LogP contribution >= 0.6 is 0 Å². The van der Waals surface area contributed by atoms with Crippen molar-refractivity contribution in [3.63, 3.8) is 0 Å². The van der Waals surface area contributed by atoms with Gasteiger partial charge in [0.25, 0.3) is 0 Å². The van der Waals surface area contributed by atoms with Crippen molar-refractivity contribution in [3.8, 4) is 33.4 Å². The lowest BCUT2D eigenvalue weighted by molar-refractivity contribution is 0.645. The monoisotopic (exact) mass is 546 g/mol. The molecule has 0 nitrogen and oxygen atoms in total. The minimum absolute atomic E-state index is 0.0639. The van der Waals surface area contributed by atoms with E-state index in [-0.39, 0.29) is 5.41 Å². The second kappa shape index (κ2) is 8.90. The fourth-order valence-corrected chi connectivity index (χ4v) is 7.85. The molecule has 0 heterocycles. The zero-order valence-corrected chi connectivity index (χ0v) is 24.4. The van der Waals surface area contributed by atoms with E-state index in [2.05, 4.69) is 159 Å². The van der Waals surface area contributed by atoms with E-state index in [1.165, 1.54) is 87.6 Å². The highest BCUT2D eigenvalue weighted by atomic mass is 14.4. The summed E-state index contributed by atoms with van der Waals surface area (Å²) in [5.74, 6) is 0. The van der Waals surface area contributed by atoms with E-state index in [0.29, 0.717) is 0 Å². The van der Waals surface area contributed by atoms with Crippen LogP contribution in [-0.4, -0.2) is 0 Å². The Hall–Kier alpha value is -5.20. The molecule has 202 valence electrons. The highest BCUT2D eigenvalue weighted by Gasteiger charge is 2.33. The van der Waals surface area contributed by atoms with Gasteiger partial charge in [0.2, 0.25) is 0 Å². The Labute approximate surface area is 251 Å². The third kappa shape index (κ3) is 3.38. The molecule has 0 atom stereocenters. The standard InChI is InChI=1S/C43H30/c1-43(2)39-21-9-8-16-34(39)36-20-11-19-35-33(24-25-40(43)42(35)36)30-17-10-18-31-32(30)22-23-37-38(31)26-28-14-6-7-15-29(28)41(37)27-12-4-3-5-13-27/h3-26H,1-2H3. The molecule has 0 spiro atoms. The zero-order chi connectivity index (χ0) is 28.7. The van der Waals surface area contributed by atoms with Gasteiger partial charge in [-0.3, -0.25) is 0 Å². The molecule has 43 heavy (non-hydrogen) atoms. The van der Waals surface area contributed by atoms with Gasteiger partial charge < -0.3 is 0 Å². The molecule has 0 aromatic heterocycles. The van der Waals surface area contributed by atoms with Crippen LogP contribution in [0.3, 0.4) is 0 Å². The van der Waals surface area contributed by atoms with Crippen LogP contribution in [0.2, 0.25) is 0 Å². The van der Waals surface area contributed by atoms with Gasteiger partial charge in [-0.2, -0.15) is 0 Å². The molecule has 0 N–H and O–H groups in total. The maximum Gasteiger partial charge on any atom is 0.0159 e. The fraction of sp³-hybridized carbons (Fsp3) is 0.0698. The van der Waals surface area contributed by atoms with Gasteiger partial charge in [0.15, 0.2) is 0 Å². The Kier molecular flexibility index (Phi) is 5.05. The Morgan fingerprint density at radius 2 is 1.02 bits per heavy atom. The molecule has 8 aromatic rings. The molecular formula is C43H30. The second-order valence-electron chi connectivity index (χ2n) is 12.5. The van der Waals surface area contributed by atoms with Gasteiger partial charge in [0.05, 0.1) is 0 Å². The van der Waals surface area contributed by atoms with Gasteiger partial charge >= 0.3 is 0 Å². The predicted octanol–water partition coefficient (Wildman–Crippen LogP) is 11.9. The Morgan fingerprint density at radius 1 is 0.372 bits per heavy atom. The summed E-state index contributed by atoms with van der Waals surface area (Å²) in [7, 11) is 0. The maximum absolute atomic E-state index is 2.39. The zero-order valence-electron chi connectivity index (χ0n) is 24.4. The normalized spacial score (nSPS) is 13.5. The minimum atomic E-state index is -0.0639. The average Bonchev–Trinajstić information content (AvgIpc) is 3.06. The molecule has 0 aliphatic heterocycles. The van der Waals surface area contributed by atoms with Crippen LogP contribution in [0.25, 0.3) is 76.5 Å². The molecule has 9 rings (SSSR count). The van der Waals surface area contributed by atoms with Crippen molar-refractivity contribution >= 4 is 43.1 Å². The topological polar surface area (TPSA) is 0 Å². The number of fused-ring (bicyclic) bond motifs is 6. The van der Waals surface area contributed by atoms with E-state index in [9.17, 15) is 0 Å². The van der Waals surface area contributed by atoms with Crippen molar-refractivity contribution in [3.05, 3.63) is 157 Å². The van der Waals surface area contributed by atoms with E-state index in [4.69, 9.17) is 0 Å². The minimum Gasteiger partial charge on any atom is -0.0622 e. The number of benzene rings is 8. The Balaban J connectivity index is 1.36. The highest BCUT2D eigenvalue weighted by Crippen LogP contribution is 2.51. The van der Waals surface area contributed by atoms with Crippen molar-refractivity contribution in [2.75, 3.05) is 0 Å². The van der Waals surface area contributed by atoms with Crippen LogP contribution in [-0.2, 0) is 5.41 Å². The van der Waals surface area contributed by atoms with Crippen molar-refractivity contribution < 1.29 is 0 Å². The maximum atomic E-state index is 2.39. The van der Waals surface area contributed by atoms with Crippen molar-refractivity contribution in [2.24, 2.45) is 0 Å². The molecule has 1 aliphatic carbocycles. The van der Waals surface area contributed by atoms with Crippen LogP contribution < -0.4 is 0 Å². The first-order valence-electron chi connectivity index (χ1n) is 15.2. The molecule has 0 saturated carbocycles. The van der Waals surface area contributed by atoms with Gasteiger partial charge in [0, 0.05) is 5.41 Å². The van der Waals surface area contributed by atoms with Gasteiger partial charge in [-0.05, 0) is 93.7 Å². The Bertz CT molecular complexity index is 2410. The van der Waals surface area contributed by atoms with Crippen LogP contribution in [0.4, 0.5) is 0 Å². The van der Waals surface area contributed by atoms with Gasteiger partial charge in [-0.15, -0.1) is 0 Å². The molecule has 0 heteroatoms. The summed E-state index contributed by atoms with van der Waals surface area (Å²) < 4.78 is 0. The van der Waals surface area contributed by atoms with E-state index in [0.717, 1.165) is 0 Å². The summed E-state index contributed by atoms with van der Waals surface area (Å²) in [6, 6.07) is 54.1. The molecule has 8 aromatic carbocycles. The van der Waals surface area contributed by atoms with E-state index in [1.807, 2.05) is 0 Å². The van der Waals surface area contributed by atoms with Crippen molar-refractivity contribution in [1.82, 2.24) is 0 Å². The first-order chi connectivity index (χ1) is 21.1. The van der Waals surface area contributed by atoms with E-state index in [1.54, 1.807) is 0 Å². The highest BCUT2D eigenvalue weighted by molar-refractivity contribution is 6.22.